The van der Waals surface area contributed by atoms with Crippen LogP contribution in [0.15, 0.2) is 0 Å². The molecule has 0 amide bonds. The molecule has 2 unspecified atom stereocenters. The third-order valence-electron chi connectivity index (χ3n) is 5.27. The van der Waals surface area contributed by atoms with Gasteiger partial charge < -0.3 is 10.4 Å². The Labute approximate surface area is 98.8 Å². The first-order valence-electron chi connectivity index (χ1n) is 7.00. The SMILES string of the molecule is CC1(C)C(O)CC1NCC(C1CC1)C1CC1. The van der Waals surface area contributed by atoms with Gasteiger partial charge in [0.15, 0.2) is 0 Å². The second-order valence-electron chi connectivity index (χ2n) is 6.87. The van der Waals surface area contributed by atoms with Crippen molar-refractivity contribution in [3.05, 3.63) is 0 Å². The summed E-state index contributed by atoms with van der Waals surface area (Å²) >= 11 is 0. The highest BCUT2D eigenvalue weighted by atomic mass is 16.3. The fraction of sp³-hybridized carbons (Fsp3) is 1.00. The van der Waals surface area contributed by atoms with Crippen LogP contribution in [-0.4, -0.2) is 23.8 Å². The third kappa shape index (κ3) is 1.91. The Hall–Kier alpha value is -0.0800. The van der Waals surface area contributed by atoms with Gasteiger partial charge in [-0.1, -0.05) is 13.8 Å². The van der Waals surface area contributed by atoms with E-state index in [1.165, 1.54) is 32.2 Å². The van der Waals surface area contributed by atoms with Gasteiger partial charge in [0.25, 0.3) is 0 Å². The average molecular weight is 223 g/mol. The molecule has 0 aromatic rings. The zero-order valence-electron chi connectivity index (χ0n) is 10.6. The van der Waals surface area contributed by atoms with Gasteiger partial charge in [0.2, 0.25) is 0 Å². The number of aliphatic hydroxyl groups excluding tert-OH is 1. The first-order valence-corrected chi connectivity index (χ1v) is 7.00. The highest BCUT2D eigenvalue weighted by molar-refractivity contribution is 5.02. The molecule has 0 aromatic heterocycles. The molecule has 3 saturated carbocycles. The highest BCUT2D eigenvalue weighted by Crippen LogP contribution is 2.49. The van der Waals surface area contributed by atoms with E-state index < -0.39 is 0 Å². The minimum absolute atomic E-state index is 0.0923. The monoisotopic (exact) mass is 223 g/mol. The second-order valence-corrected chi connectivity index (χ2v) is 6.87. The maximum absolute atomic E-state index is 9.71. The van der Waals surface area contributed by atoms with Crippen molar-refractivity contribution in [2.75, 3.05) is 6.54 Å². The topological polar surface area (TPSA) is 32.3 Å². The normalized spacial score (nSPS) is 37.5. The summed E-state index contributed by atoms with van der Waals surface area (Å²) in [7, 11) is 0. The van der Waals surface area contributed by atoms with E-state index in [0.717, 1.165) is 24.2 Å². The van der Waals surface area contributed by atoms with Crippen molar-refractivity contribution >= 4 is 0 Å². The molecule has 3 aliphatic rings. The Kier molecular flexibility index (Phi) is 2.56. The van der Waals surface area contributed by atoms with Crippen LogP contribution in [0, 0.1) is 23.2 Å². The van der Waals surface area contributed by atoms with Gasteiger partial charge in [-0.25, -0.2) is 0 Å². The van der Waals surface area contributed by atoms with E-state index in [2.05, 4.69) is 19.2 Å². The van der Waals surface area contributed by atoms with E-state index in [4.69, 9.17) is 0 Å². The number of aliphatic hydroxyl groups is 1. The molecule has 2 heteroatoms. The predicted molar refractivity (Wildman–Crippen MR) is 65.1 cm³/mol. The van der Waals surface area contributed by atoms with Crippen LogP contribution >= 0.6 is 0 Å². The van der Waals surface area contributed by atoms with Crippen LogP contribution in [-0.2, 0) is 0 Å². The summed E-state index contributed by atoms with van der Waals surface area (Å²) in [5.41, 5.74) is 0.0949. The van der Waals surface area contributed by atoms with Crippen LogP contribution in [0.3, 0.4) is 0 Å². The molecule has 2 atom stereocenters. The lowest BCUT2D eigenvalue weighted by molar-refractivity contribution is -0.0736. The van der Waals surface area contributed by atoms with Crippen molar-refractivity contribution in [2.24, 2.45) is 23.2 Å². The molecule has 0 saturated heterocycles. The van der Waals surface area contributed by atoms with E-state index in [9.17, 15) is 5.11 Å². The zero-order valence-corrected chi connectivity index (χ0v) is 10.6. The molecule has 3 fully saturated rings. The zero-order chi connectivity index (χ0) is 11.3. The number of rotatable bonds is 5. The van der Waals surface area contributed by atoms with E-state index >= 15 is 0 Å². The van der Waals surface area contributed by atoms with Crippen molar-refractivity contribution in [1.82, 2.24) is 5.32 Å². The largest absolute Gasteiger partial charge is 0.392 e. The van der Waals surface area contributed by atoms with Gasteiger partial charge >= 0.3 is 0 Å². The van der Waals surface area contributed by atoms with Crippen LogP contribution < -0.4 is 5.32 Å². The van der Waals surface area contributed by atoms with Gasteiger partial charge in [0.05, 0.1) is 6.10 Å². The molecule has 2 nitrogen and oxygen atoms in total. The molecule has 3 rings (SSSR count). The smallest absolute Gasteiger partial charge is 0.0621 e. The Morgan fingerprint density at radius 3 is 2.12 bits per heavy atom. The standard InChI is InChI=1S/C14H25NO/c1-14(2)12(7-13(14)16)15-8-11(9-3-4-9)10-5-6-10/h9-13,15-16H,3-8H2,1-2H3. The third-order valence-corrected chi connectivity index (χ3v) is 5.27. The predicted octanol–water partition coefficient (Wildman–Crippen LogP) is 2.17. The average Bonchev–Trinajstić information content (AvgIpc) is 3.10. The fourth-order valence-corrected chi connectivity index (χ4v) is 3.29. The van der Waals surface area contributed by atoms with Crippen LogP contribution in [0.1, 0.15) is 46.0 Å². The summed E-state index contributed by atoms with van der Waals surface area (Å²) < 4.78 is 0. The van der Waals surface area contributed by atoms with E-state index in [1.54, 1.807) is 0 Å². The van der Waals surface area contributed by atoms with E-state index in [-0.39, 0.29) is 11.5 Å². The highest BCUT2D eigenvalue weighted by Gasteiger charge is 2.48. The Balaban J connectivity index is 1.48. The Bertz CT molecular complexity index is 256. The number of hydrogen-bond acceptors (Lipinski definition) is 2. The molecule has 92 valence electrons. The van der Waals surface area contributed by atoms with E-state index in [0.29, 0.717) is 6.04 Å². The van der Waals surface area contributed by atoms with Crippen LogP contribution in [0.4, 0.5) is 0 Å². The summed E-state index contributed by atoms with van der Waals surface area (Å²) in [5.74, 6) is 3.02. The summed E-state index contributed by atoms with van der Waals surface area (Å²) in [6.07, 6.45) is 6.75. The van der Waals surface area contributed by atoms with Crippen LogP contribution in [0.5, 0.6) is 0 Å². The first-order chi connectivity index (χ1) is 7.59. The van der Waals surface area contributed by atoms with Crippen molar-refractivity contribution in [1.29, 1.82) is 0 Å². The molecule has 0 spiro atoms. The maximum Gasteiger partial charge on any atom is 0.0621 e. The fourth-order valence-electron chi connectivity index (χ4n) is 3.29. The Morgan fingerprint density at radius 2 is 1.75 bits per heavy atom. The van der Waals surface area contributed by atoms with Gasteiger partial charge in [-0.2, -0.15) is 0 Å². The lowest BCUT2D eigenvalue weighted by Gasteiger charge is -2.50. The number of hydrogen-bond donors (Lipinski definition) is 2. The lowest BCUT2D eigenvalue weighted by atomic mass is 9.64. The molecule has 0 aliphatic heterocycles. The first kappa shape index (κ1) is 11.0. The minimum Gasteiger partial charge on any atom is -0.392 e. The van der Waals surface area contributed by atoms with Crippen LogP contribution in [0.25, 0.3) is 0 Å². The molecule has 2 N–H and O–H groups in total. The molecule has 0 aromatic carbocycles. The summed E-state index contributed by atoms with van der Waals surface area (Å²) in [6, 6.07) is 0.544. The maximum atomic E-state index is 9.71. The summed E-state index contributed by atoms with van der Waals surface area (Å²) in [5, 5.41) is 13.4. The molecular formula is C14H25NO. The molecule has 3 aliphatic carbocycles. The van der Waals surface area contributed by atoms with Gasteiger partial charge in [-0.3, -0.25) is 0 Å². The van der Waals surface area contributed by atoms with Gasteiger partial charge in [-0.05, 0) is 56.4 Å². The van der Waals surface area contributed by atoms with Gasteiger partial charge in [-0.15, -0.1) is 0 Å². The Morgan fingerprint density at radius 1 is 1.19 bits per heavy atom. The molecule has 16 heavy (non-hydrogen) atoms. The van der Waals surface area contributed by atoms with Crippen LogP contribution in [0.2, 0.25) is 0 Å². The molecule has 0 bridgehead atoms. The number of nitrogens with one attached hydrogen (secondary N) is 1. The molecule has 0 radical (unpaired) electrons. The quantitative estimate of drug-likeness (QED) is 0.748. The summed E-state index contributed by atoms with van der Waals surface area (Å²) in [4.78, 5) is 0. The van der Waals surface area contributed by atoms with Crippen molar-refractivity contribution < 1.29 is 5.11 Å². The van der Waals surface area contributed by atoms with Crippen molar-refractivity contribution in [3.8, 4) is 0 Å². The minimum atomic E-state index is -0.0923. The van der Waals surface area contributed by atoms with Crippen molar-refractivity contribution in [3.63, 3.8) is 0 Å². The lowest BCUT2D eigenvalue weighted by Crippen LogP contribution is -2.60. The van der Waals surface area contributed by atoms with E-state index in [1.807, 2.05) is 0 Å². The van der Waals surface area contributed by atoms with Gasteiger partial charge in [0, 0.05) is 11.5 Å². The second kappa shape index (κ2) is 3.71. The summed E-state index contributed by atoms with van der Waals surface area (Å²) in [6.45, 7) is 5.57. The molecular weight excluding hydrogens is 198 g/mol. The molecule has 0 heterocycles. The van der Waals surface area contributed by atoms with Gasteiger partial charge in [0.1, 0.15) is 0 Å². The van der Waals surface area contributed by atoms with Crippen molar-refractivity contribution in [2.45, 2.75) is 58.1 Å².